The normalized spacial score (nSPS) is 14.9. The number of thiol groups is 2. The SMILES string of the molecule is CC(=O)N(CCS)CCS.CC(=O)N1CCSSCC1. The summed E-state index contributed by atoms with van der Waals surface area (Å²) in [5.41, 5.74) is 0. The second-order valence-corrected chi connectivity index (χ2v) is 7.70. The van der Waals surface area contributed by atoms with Crippen LogP contribution >= 0.6 is 46.8 Å². The van der Waals surface area contributed by atoms with Crippen molar-refractivity contribution in [1.82, 2.24) is 9.80 Å². The highest BCUT2D eigenvalue weighted by atomic mass is 33.1. The van der Waals surface area contributed by atoms with Crippen molar-refractivity contribution in [2.45, 2.75) is 13.8 Å². The molecule has 1 aliphatic rings. The molecule has 0 saturated carbocycles. The van der Waals surface area contributed by atoms with Gasteiger partial charge in [-0.2, -0.15) is 25.3 Å². The van der Waals surface area contributed by atoms with Gasteiger partial charge >= 0.3 is 0 Å². The monoisotopic (exact) mass is 356 g/mol. The van der Waals surface area contributed by atoms with Gasteiger partial charge in [-0.15, -0.1) is 0 Å². The van der Waals surface area contributed by atoms with Gasteiger partial charge in [0.05, 0.1) is 0 Å². The van der Waals surface area contributed by atoms with E-state index in [0.717, 1.165) is 37.7 Å². The van der Waals surface area contributed by atoms with Crippen LogP contribution in [0.2, 0.25) is 0 Å². The van der Waals surface area contributed by atoms with Gasteiger partial charge in [0.2, 0.25) is 11.8 Å². The molecule has 0 unspecified atom stereocenters. The van der Waals surface area contributed by atoms with Crippen LogP contribution in [0.5, 0.6) is 0 Å². The van der Waals surface area contributed by atoms with E-state index < -0.39 is 0 Å². The third-order valence-corrected chi connectivity index (χ3v) is 5.37. The zero-order chi connectivity index (χ0) is 15.4. The molecule has 0 spiro atoms. The minimum Gasteiger partial charge on any atom is -0.341 e. The molecule has 0 aromatic carbocycles. The zero-order valence-electron chi connectivity index (χ0n) is 12.1. The molecule has 0 aromatic heterocycles. The van der Waals surface area contributed by atoms with Crippen LogP contribution in [0, 0.1) is 0 Å². The maximum Gasteiger partial charge on any atom is 0.219 e. The molecule has 8 heteroatoms. The quantitative estimate of drug-likeness (QED) is 0.596. The summed E-state index contributed by atoms with van der Waals surface area (Å²) in [6.45, 7) is 6.49. The standard InChI is InChI=1S/C6H11NOS2.C6H13NOS2/c1-6(8)7-2-4-9-10-5-3-7;1-6(8)7(2-4-9)3-5-10/h2-5H2,1H3;9-10H,2-5H2,1H3. The van der Waals surface area contributed by atoms with E-state index in [1.807, 2.05) is 26.5 Å². The first-order valence-corrected chi connectivity index (χ1v) is 10.2. The Kier molecular flexibility index (Phi) is 13.3. The van der Waals surface area contributed by atoms with Crippen LogP contribution < -0.4 is 0 Å². The molecule has 0 aromatic rings. The predicted molar refractivity (Wildman–Crippen MR) is 97.1 cm³/mol. The average molecular weight is 357 g/mol. The average Bonchev–Trinajstić information content (AvgIpc) is 2.68. The number of hydrogen-bond acceptors (Lipinski definition) is 6. The molecule has 1 saturated heterocycles. The number of nitrogens with zero attached hydrogens (tertiary/aromatic N) is 2. The minimum atomic E-state index is 0.100. The molecule has 0 N–H and O–H groups in total. The summed E-state index contributed by atoms with van der Waals surface area (Å²) in [6, 6.07) is 0. The van der Waals surface area contributed by atoms with Gasteiger partial charge in [0.1, 0.15) is 0 Å². The smallest absolute Gasteiger partial charge is 0.219 e. The summed E-state index contributed by atoms with van der Waals surface area (Å²) in [4.78, 5) is 25.3. The van der Waals surface area contributed by atoms with Gasteiger partial charge in [0, 0.05) is 63.0 Å². The topological polar surface area (TPSA) is 40.6 Å². The molecule has 1 heterocycles. The van der Waals surface area contributed by atoms with E-state index in [2.05, 4.69) is 25.3 Å². The van der Waals surface area contributed by atoms with E-state index in [1.54, 1.807) is 18.7 Å². The minimum absolute atomic E-state index is 0.100. The van der Waals surface area contributed by atoms with Crippen molar-refractivity contribution in [1.29, 1.82) is 0 Å². The predicted octanol–water partition coefficient (Wildman–Crippen LogP) is 1.92. The fraction of sp³-hybridized carbons (Fsp3) is 0.833. The molecule has 1 rings (SSSR count). The van der Waals surface area contributed by atoms with Crippen molar-refractivity contribution in [3.8, 4) is 0 Å². The molecule has 118 valence electrons. The van der Waals surface area contributed by atoms with Crippen LogP contribution in [-0.2, 0) is 9.59 Å². The molecular formula is C12H24N2O2S4. The van der Waals surface area contributed by atoms with Crippen molar-refractivity contribution in [2.24, 2.45) is 0 Å². The number of carbonyl (C=O) groups excluding carboxylic acids is 2. The van der Waals surface area contributed by atoms with Crippen molar-refractivity contribution < 1.29 is 9.59 Å². The number of rotatable bonds is 4. The maximum absolute atomic E-state index is 10.9. The van der Waals surface area contributed by atoms with Crippen molar-refractivity contribution in [3.63, 3.8) is 0 Å². The Labute approximate surface area is 141 Å². The highest BCUT2D eigenvalue weighted by Gasteiger charge is 2.10. The molecule has 1 aliphatic heterocycles. The Bertz CT molecular complexity index is 267. The van der Waals surface area contributed by atoms with E-state index in [9.17, 15) is 9.59 Å². The lowest BCUT2D eigenvalue weighted by atomic mass is 10.5. The van der Waals surface area contributed by atoms with Gasteiger partial charge in [-0.25, -0.2) is 0 Å². The summed E-state index contributed by atoms with van der Waals surface area (Å²) in [5.74, 6) is 3.89. The van der Waals surface area contributed by atoms with Gasteiger partial charge in [-0.05, 0) is 0 Å². The van der Waals surface area contributed by atoms with E-state index in [1.165, 1.54) is 0 Å². The van der Waals surface area contributed by atoms with Gasteiger partial charge in [-0.1, -0.05) is 21.6 Å². The molecule has 2 amide bonds. The van der Waals surface area contributed by atoms with Gasteiger partial charge in [0.25, 0.3) is 0 Å². The first-order chi connectivity index (χ1) is 9.52. The Morgan fingerprint density at radius 1 is 1.05 bits per heavy atom. The summed E-state index contributed by atoms with van der Waals surface area (Å²) < 4.78 is 0. The fourth-order valence-electron chi connectivity index (χ4n) is 1.51. The fourth-order valence-corrected chi connectivity index (χ4v) is 3.97. The molecule has 20 heavy (non-hydrogen) atoms. The van der Waals surface area contributed by atoms with E-state index in [0.29, 0.717) is 11.5 Å². The largest absolute Gasteiger partial charge is 0.341 e. The first-order valence-electron chi connectivity index (χ1n) is 6.50. The van der Waals surface area contributed by atoms with Gasteiger partial charge in [0.15, 0.2) is 0 Å². The third-order valence-electron chi connectivity index (χ3n) is 2.60. The zero-order valence-corrected chi connectivity index (χ0v) is 15.5. The number of hydrogen-bond donors (Lipinski definition) is 2. The lowest BCUT2D eigenvalue weighted by Crippen LogP contribution is -2.32. The Morgan fingerprint density at radius 3 is 1.80 bits per heavy atom. The number of carbonyl (C=O) groups is 2. The van der Waals surface area contributed by atoms with Crippen molar-refractivity contribution >= 4 is 58.7 Å². The van der Waals surface area contributed by atoms with Gasteiger partial charge in [-0.3, -0.25) is 9.59 Å². The number of amides is 2. The molecule has 0 bridgehead atoms. The Balaban J connectivity index is 0.000000361. The van der Waals surface area contributed by atoms with E-state index in [-0.39, 0.29) is 11.8 Å². The van der Waals surface area contributed by atoms with E-state index >= 15 is 0 Å². The highest BCUT2D eigenvalue weighted by Crippen LogP contribution is 2.23. The first kappa shape index (κ1) is 20.3. The molecular weight excluding hydrogens is 332 g/mol. The summed E-state index contributed by atoms with van der Waals surface area (Å²) in [7, 11) is 3.72. The lowest BCUT2D eigenvalue weighted by Gasteiger charge is -2.18. The third kappa shape index (κ3) is 10.1. The van der Waals surface area contributed by atoms with Crippen LogP contribution in [0.4, 0.5) is 0 Å². The molecule has 4 nitrogen and oxygen atoms in total. The van der Waals surface area contributed by atoms with Crippen molar-refractivity contribution in [2.75, 3.05) is 49.2 Å². The molecule has 1 fully saturated rings. The summed E-state index contributed by atoms with van der Waals surface area (Å²) in [5, 5.41) is 0. The summed E-state index contributed by atoms with van der Waals surface area (Å²) in [6.07, 6.45) is 0. The Morgan fingerprint density at radius 2 is 1.50 bits per heavy atom. The molecule has 0 atom stereocenters. The van der Waals surface area contributed by atoms with Crippen molar-refractivity contribution in [3.05, 3.63) is 0 Å². The lowest BCUT2D eigenvalue weighted by molar-refractivity contribution is -0.129. The highest BCUT2D eigenvalue weighted by molar-refractivity contribution is 8.76. The second-order valence-electron chi connectivity index (χ2n) is 4.10. The molecule has 0 aliphatic carbocycles. The maximum atomic E-state index is 10.9. The van der Waals surface area contributed by atoms with Crippen LogP contribution in [0.25, 0.3) is 0 Å². The Hall–Kier alpha value is 0.340. The van der Waals surface area contributed by atoms with Crippen LogP contribution in [0.1, 0.15) is 13.8 Å². The second kappa shape index (κ2) is 13.0. The molecule has 0 radical (unpaired) electrons. The van der Waals surface area contributed by atoms with Gasteiger partial charge < -0.3 is 9.80 Å². The summed E-state index contributed by atoms with van der Waals surface area (Å²) >= 11 is 8.06. The van der Waals surface area contributed by atoms with Crippen LogP contribution in [-0.4, -0.2) is 70.8 Å². The van der Waals surface area contributed by atoms with Crippen LogP contribution in [0.15, 0.2) is 0 Å². The van der Waals surface area contributed by atoms with Crippen LogP contribution in [0.3, 0.4) is 0 Å². The van der Waals surface area contributed by atoms with E-state index in [4.69, 9.17) is 0 Å².